The molecule has 0 unspecified atom stereocenters. The number of ketones is 1. The summed E-state index contributed by atoms with van der Waals surface area (Å²) in [6.07, 6.45) is 8.46. The Morgan fingerprint density at radius 1 is 1.50 bits per heavy atom. The molecule has 1 aliphatic rings. The lowest BCUT2D eigenvalue weighted by molar-refractivity contribution is -0.114. The molecule has 1 rings (SSSR count). The van der Waals surface area contributed by atoms with Gasteiger partial charge >= 0.3 is 0 Å². The van der Waals surface area contributed by atoms with Gasteiger partial charge in [0.15, 0.2) is 5.78 Å². The Hall–Kier alpha value is -0.850. The molecule has 1 heteroatoms. The van der Waals surface area contributed by atoms with Crippen LogP contribution in [0.25, 0.3) is 0 Å². The van der Waals surface area contributed by atoms with Crippen LogP contribution < -0.4 is 0 Å². The van der Waals surface area contributed by atoms with Gasteiger partial charge in [-0.2, -0.15) is 0 Å². The molecule has 0 N–H and O–H groups in total. The normalized spacial score (nSPS) is 22.1. The quantitative estimate of drug-likeness (QED) is 0.540. The number of hydrogen-bond acceptors (Lipinski definition) is 1. The maximum atomic E-state index is 10.7. The number of allylic oxidation sites excluding steroid dienone is 4. The van der Waals surface area contributed by atoms with Crippen LogP contribution in [-0.2, 0) is 4.79 Å². The lowest BCUT2D eigenvalue weighted by Gasteiger charge is -2.04. The van der Waals surface area contributed by atoms with Crippen LogP contribution in [0.5, 0.6) is 0 Å². The van der Waals surface area contributed by atoms with E-state index in [0.29, 0.717) is 6.42 Å². The van der Waals surface area contributed by atoms with Crippen molar-refractivity contribution in [2.75, 3.05) is 0 Å². The van der Waals surface area contributed by atoms with E-state index in [1.54, 1.807) is 6.08 Å². The Balaban J connectivity index is 2.61. The summed E-state index contributed by atoms with van der Waals surface area (Å²) in [4.78, 5) is 10.7. The summed E-state index contributed by atoms with van der Waals surface area (Å²) in [5.41, 5.74) is 1.31. The van der Waals surface area contributed by atoms with Crippen molar-refractivity contribution in [2.45, 2.75) is 26.2 Å². The predicted molar refractivity (Wildman–Crippen MR) is 41.8 cm³/mol. The molecular weight excluding hydrogens is 124 g/mol. The van der Waals surface area contributed by atoms with Gasteiger partial charge in [0.05, 0.1) is 0 Å². The maximum absolute atomic E-state index is 10.7. The lowest BCUT2D eigenvalue weighted by Crippen LogP contribution is -1.98. The highest BCUT2D eigenvalue weighted by Gasteiger charge is 2.04. The van der Waals surface area contributed by atoms with Gasteiger partial charge < -0.3 is 0 Å². The van der Waals surface area contributed by atoms with Crippen molar-refractivity contribution in [3.05, 3.63) is 23.8 Å². The van der Waals surface area contributed by atoms with Gasteiger partial charge in [-0.05, 0) is 18.9 Å². The van der Waals surface area contributed by atoms with E-state index in [9.17, 15) is 4.79 Å². The van der Waals surface area contributed by atoms with Crippen LogP contribution in [0.1, 0.15) is 26.2 Å². The van der Waals surface area contributed by atoms with Gasteiger partial charge in [0.25, 0.3) is 0 Å². The first kappa shape index (κ1) is 7.26. The maximum Gasteiger partial charge on any atom is 0.156 e. The summed E-state index contributed by atoms with van der Waals surface area (Å²) in [7, 11) is 0. The molecule has 54 valence electrons. The highest BCUT2D eigenvalue weighted by Crippen LogP contribution is 2.13. The van der Waals surface area contributed by atoms with E-state index in [1.165, 1.54) is 5.57 Å². The number of rotatable bonds is 1. The second-order valence-electron chi connectivity index (χ2n) is 2.49. The van der Waals surface area contributed by atoms with E-state index in [0.717, 1.165) is 12.8 Å². The Labute approximate surface area is 61.4 Å². The smallest absolute Gasteiger partial charge is 0.156 e. The lowest BCUT2D eigenvalue weighted by atomic mass is 10.0. The molecular formula is C9H12O. The van der Waals surface area contributed by atoms with Gasteiger partial charge in [0.2, 0.25) is 0 Å². The molecule has 0 saturated heterocycles. The highest BCUT2D eigenvalue weighted by molar-refractivity contribution is 5.91. The number of carbonyl (C=O) groups is 1. The minimum absolute atomic E-state index is 0.258. The zero-order valence-corrected chi connectivity index (χ0v) is 6.26. The van der Waals surface area contributed by atoms with Gasteiger partial charge in [-0.15, -0.1) is 0 Å². The molecule has 0 fully saturated rings. The second-order valence-corrected chi connectivity index (χ2v) is 2.49. The molecule has 0 aromatic heterocycles. The summed E-state index contributed by atoms with van der Waals surface area (Å²) < 4.78 is 0. The molecule has 0 amide bonds. The van der Waals surface area contributed by atoms with Gasteiger partial charge in [-0.3, -0.25) is 4.79 Å². The number of hydrogen-bond donors (Lipinski definition) is 0. The van der Waals surface area contributed by atoms with E-state index in [4.69, 9.17) is 0 Å². The highest BCUT2D eigenvalue weighted by atomic mass is 16.1. The van der Waals surface area contributed by atoms with Crippen molar-refractivity contribution >= 4 is 5.78 Å². The fourth-order valence-corrected chi connectivity index (χ4v) is 1.07. The second kappa shape index (κ2) is 3.35. The standard InChI is InChI=1S/C9H12O/c1-2-3-8-4-6-9(10)7-5-8/h3-4,6H,2,5,7H2,1H3/b8-3-. The van der Waals surface area contributed by atoms with Crippen LogP contribution in [-0.4, -0.2) is 5.78 Å². The molecule has 0 aliphatic heterocycles. The molecule has 1 aliphatic carbocycles. The van der Waals surface area contributed by atoms with E-state index in [1.807, 2.05) is 6.08 Å². The largest absolute Gasteiger partial charge is 0.295 e. The molecule has 0 aromatic rings. The monoisotopic (exact) mass is 136 g/mol. The molecule has 10 heavy (non-hydrogen) atoms. The zero-order chi connectivity index (χ0) is 7.40. The first-order valence-corrected chi connectivity index (χ1v) is 3.73. The van der Waals surface area contributed by atoms with Gasteiger partial charge in [0.1, 0.15) is 0 Å². The molecule has 1 nitrogen and oxygen atoms in total. The molecule has 0 saturated carbocycles. The van der Waals surface area contributed by atoms with E-state index >= 15 is 0 Å². The fraction of sp³-hybridized carbons (Fsp3) is 0.444. The van der Waals surface area contributed by atoms with Gasteiger partial charge in [-0.25, -0.2) is 0 Å². The van der Waals surface area contributed by atoms with Crippen LogP contribution in [0.3, 0.4) is 0 Å². The van der Waals surface area contributed by atoms with Crippen molar-refractivity contribution in [1.29, 1.82) is 0 Å². The Morgan fingerprint density at radius 3 is 2.80 bits per heavy atom. The average molecular weight is 136 g/mol. The van der Waals surface area contributed by atoms with E-state index in [2.05, 4.69) is 13.0 Å². The minimum atomic E-state index is 0.258. The van der Waals surface area contributed by atoms with Crippen LogP contribution in [0.2, 0.25) is 0 Å². The zero-order valence-electron chi connectivity index (χ0n) is 6.26. The van der Waals surface area contributed by atoms with E-state index < -0.39 is 0 Å². The summed E-state index contributed by atoms with van der Waals surface area (Å²) >= 11 is 0. The molecule has 0 radical (unpaired) electrons. The van der Waals surface area contributed by atoms with Crippen molar-refractivity contribution in [2.24, 2.45) is 0 Å². The number of carbonyl (C=O) groups excluding carboxylic acids is 1. The summed E-state index contributed by atoms with van der Waals surface area (Å²) in [6, 6.07) is 0. The first-order chi connectivity index (χ1) is 4.83. The van der Waals surface area contributed by atoms with Crippen molar-refractivity contribution in [3.8, 4) is 0 Å². The van der Waals surface area contributed by atoms with Crippen LogP contribution >= 0.6 is 0 Å². The Bertz CT molecular complexity index is 187. The summed E-state index contributed by atoms with van der Waals surface area (Å²) in [6.45, 7) is 2.11. The molecule has 0 spiro atoms. The van der Waals surface area contributed by atoms with Crippen LogP contribution in [0.4, 0.5) is 0 Å². The average Bonchev–Trinajstić information content (AvgIpc) is 1.95. The minimum Gasteiger partial charge on any atom is -0.295 e. The van der Waals surface area contributed by atoms with Crippen LogP contribution in [0.15, 0.2) is 23.8 Å². The molecule has 0 bridgehead atoms. The van der Waals surface area contributed by atoms with Crippen molar-refractivity contribution in [3.63, 3.8) is 0 Å². The fourth-order valence-electron chi connectivity index (χ4n) is 1.07. The third-order valence-electron chi connectivity index (χ3n) is 1.61. The third-order valence-corrected chi connectivity index (χ3v) is 1.61. The Kier molecular flexibility index (Phi) is 2.43. The van der Waals surface area contributed by atoms with Crippen LogP contribution in [0, 0.1) is 0 Å². The van der Waals surface area contributed by atoms with Gasteiger partial charge in [-0.1, -0.05) is 24.6 Å². The van der Waals surface area contributed by atoms with Crippen molar-refractivity contribution < 1.29 is 4.79 Å². The molecule has 0 aromatic carbocycles. The first-order valence-electron chi connectivity index (χ1n) is 3.73. The summed E-state index contributed by atoms with van der Waals surface area (Å²) in [5, 5.41) is 0. The van der Waals surface area contributed by atoms with Crippen molar-refractivity contribution in [1.82, 2.24) is 0 Å². The van der Waals surface area contributed by atoms with Gasteiger partial charge in [0, 0.05) is 6.42 Å². The Morgan fingerprint density at radius 2 is 2.30 bits per heavy atom. The molecule has 0 heterocycles. The topological polar surface area (TPSA) is 17.1 Å². The predicted octanol–water partition coefficient (Wildman–Crippen LogP) is 2.24. The third kappa shape index (κ3) is 1.83. The summed E-state index contributed by atoms with van der Waals surface area (Å²) in [5.74, 6) is 0.258. The molecule has 0 atom stereocenters. The van der Waals surface area contributed by atoms with E-state index in [-0.39, 0.29) is 5.78 Å². The SMILES string of the molecule is CC/C=C1/C=CC(=O)CC1.